The first-order valence-electron chi connectivity index (χ1n) is 10.7. The highest BCUT2D eigenvalue weighted by Crippen LogP contribution is 2.44. The van der Waals surface area contributed by atoms with Gasteiger partial charge in [0.2, 0.25) is 5.91 Å². The third kappa shape index (κ3) is 4.60. The number of piperazine rings is 1. The fraction of sp³-hybridized carbons (Fsp3) is 0.696. The lowest BCUT2D eigenvalue weighted by molar-refractivity contribution is -0.140. The van der Waals surface area contributed by atoms with Gasteiger partial charge in [0.15, 0.2) is 0 Å². The van der Waals surface area contributed by atoms with E-state index in [-0.39, 0.29) is 17.7 Å². The maximum atomic E-state index is 13.1. The fourth-order valence-electron chi connectivity index (χ4n) is 4.78. The Balaban J connectivity index is 1.80. The first kappa shape index (κ1) is 22.1. The van der Waals surface area contributed by atoms with Crippen molar-refractivity contribution in [2.75, 3.05) is 53.6 Å². The molecule has 3 rings (SSSR count). The second-order valence-corrected chi connectivity index (χ2v) is 8.61. The molecule has 1 saturated heterocycles. The maximum absolute atomic E-state index is 13.1. The first-order chi connectivity index (χ1) is 13.8. The Kier molecular flexibility index (Phi) is 7.19. The van der Waals surface area contributed by atoms with Crippen LogP contribution in [0.5, 0.6) is 5.75 Å². The van der Waals surface area contributed by atoms with Gasteiger partial charge in [0, 0.05) is 45.1 Å². The number of aliphatic hydroxyl groups is 1. The van der Waals surface area contributed by atoms with E-state index in [1.807, 2.05) is 18.7 Å². The molecule has 0 spiro atoms. The monoisotopic (exact) mass is 404 g/mol. The Morgan fingerprint density at radius 3 is 2.59 bits per heavy atom. The van der Waals surface area contributed by atoms with Crippen LogP contribution in [0.1, 0.15) is 41.7 Å². The number of fused-ring (bicyclic) bond motifs is 1. The van der Waals surface area contributed by atoms with Crippen molar-refractivity contribution in [2.45, 2.75) is 39.7 Å². The second kappa shape index (κ2) is 9.45. The molecule has 1 aromatic rings. The number of hydrogen-bond acceptors (Lipinski definition) is 5. The molecule has 0 radical (unpaired) electrons. The van der Waals surface area contributed by atoms with E-state index in [0.717, 1.165) is 61.5 Å². The summed E-state index contributed by atoms with van der Waals surface area (Å²) < 4.78 is 11.0. The van der Waals surface area contributed by atoms with Gasteiger partial charge in [-0.3, -0.25) is 4.79 Å². The molecule has 1 fully saturated rings. The van der Waals surface area contributed by atoms with E-state index < -0.39 is 6.10 Å². The lowest BCUT2D eigenvalue weighted by Crippen LogP contribution is -2.50. The van der Waals surface area contributed by atoms with Crippen LogP contribution in [-0.4, -0.2) is 74.4 Å². The summed E-state index contributed by atoms with van der Waals surface area (Å²) in [6, 6.07) is 2.07. The minimum atomic E-state index is -0.644. The maximum Gasteiger partial charge on any atom is 0.225 e. The number of aliphatic hydroxyl groups excluding tert-OH is 1. The average molecular weight is 405 g/mol. The van der Waals surface area contributed by atoms with Crippen LogP contribution >= 0.6 is 0 Å². The molecule has 3 atom stereocenters. The molecule has 1 amide bonds. The molecule has 6 heteroatoms. The Morgan fingerprint density at radius 1 is 1.24 bits per heavy atom. The van der Waals surface area contributed by atoms with Crippen LogP contribution in [-0.2, 0) is 16.0 Å². The SMILES string of the molecule is COCCOc1cc(C)c2c(c1C)[C@H](O)[C@@H]([C@H](C)C(=O)N1CCN(C)CC1)CC2. The highest BCUT2D eigenvalue weighted by Gasteiger charge is 2.38. The zero-order chi connectivity index (χ0) is 21.1. The summed E-state index contributed by atoms with van der Waals surface area (Å²) in [4.78, 5) is 17.3. The van der Waals surface area contributed by atoms with Crippen molar-refractivity contribution in [3.63, 3.8) is 0 Å². The highest BCUT2D eigenvalue weighted by molar-refractivity contribution is 5.79. The molecular weight excluding hydrogens is 368 g/mol. The van der Waals surface area contributed by atoms with Crippen molar-refractivity contribution in [1.29, 1.82) is 0 Å². The summed E-state index contributed by atoms with van der Waals surface area (Å²) in [6.45, 7) is 10.4. The number of ether oxygens (including phenoxy) is 2. The summed E-state index contributed by atoms with van der Waals surface area (Å²) in [5.41, 5.74) is 4.31. The minimum Gasteiger partial charge on any atom is -0.491 e. The van der Waals surface area contributed by atoms with E-state index in [2.05, 4.69) is 24.9 Å². The number of amides is 1. The summed E-state index contributed by atoms with van der Waals surface area (Å²) in [5, 5.41) is 11.3. The number of methoxy groups -OCH3 is 1. The Labute approximate surface area is 174 Å². The van der Waals surface area contributed by atoms with E-state index in [1.165, 1.54) is 5.56 Å². The van der Waals surface area contributed by atoms with Crippen LogP contribution in [0, 0.1) is 25.7 Å². The largest absolute Gasteiger partial charge is 0.491 e. The van der Waals surface area contributed by atoms with Gasteiger partial charge in [-0.05, 0) is 62.1 Å². The van der Waals surface area contributed by atoms with Crippen molar-refractivity contribution >= 4 is 5.91 Å². The van der Waals surface area contributed by atoms with Gasteiger partial charge in [-0.15, -0.1) is 0 Å². The van der Waals surface area contributed by atoms with Crippen LogP contribution in [0.4, 0.5) is 0 Å². The van der Waals surface area contributed by atoms with E-state index in [0.29, 0.717) is 13.2 Å². The molecule has 0 bridgehead atoms. The molecular formula is C23H36N2O4. The number of nitrogens with zero attached hydrogens (tertiary/aromatic N) is 2. The Hall–Kier alpha value is -1.63. The van der Waals surface area contributed by atoms with E-state index in [9.17, 15) is 9.90 Å². The summed E-state index contributed by atoms with van der Waals surface area (Å²) in [7, 11) is 3.74. The van der Waals surface area contributed by atoms with Crippen LogP contribution in [0.3, 0.4) is 0 Å². The molecule has 0 saturated carbocycles. The zero-order valence-corrected chi connectivity index (χ0v) is 18.5. The van der Waals surface area contributed by atoms with Gasteiger partial charge < -0.3 is 24.4 Å². The van der Waals surface area contributed by atoms with Gasteiger partial charge in [0.05, 0.1) is 12.7 Å². The lowest BCUT2D eigenvalue weighted by atomic mass is 9.72. The number of benzene rings is 1. The fourth-order valence-corrected chi connectivity index (χ4v) is 4.78. The van der Waals surface area contributed by atoms with Crippen LogP contribution in [0.2, 0.25) is 0 Å². The van der Waals surface area contributed by atoms with Gasteiger partial charge in [0.1, 0.15) is 12.4 Å². The van der Waals surface area contributed by atoms with E-state index in [1.54, 1.807) is 7.11 Å². The number of carbonyl (C=O) groups excluding carboxylic acids is 1. The van der Waals surface area contributed by atoms with Crippen molar-refractivity contribution in [3.8, 4) is 5.75 Å². The number of hydrogen-bond donors (Lipinski definition) is 1. The topological polar surface area (TPSA) is 62.2 Å². The van der Waals surface area contributed by atoms with Gasteiger partial charge in [-0.1, -0.05) is 6.92 Å². The average Bonchev–Trinajstić information content (AvgIpc) is 2.71. The van der Waals surface area contributed by atoms with Gasteiger partial charge >= 0.3 is 0 Å². The standard InChI is InChI=1S/C23H36N2O4/c1-15-14-20(29-13-12-28-5)17(3)21-18(15)6-7-19(22(21)26)16(2)23(27)25-10-8-24(4)9-11-25/h14,16,19,22,26H,6-13H2,1-5H3/t16-,19+,22+/m0/s1. The number of likely N-dealkylation sites (N-methyl/N-ethyl adjacent to an activating group) is 1. The van der Waals surface area contributed by atoms with Gasteiger partial charge in [0.25, 0.3) is 0 Å². The summed E-state index contributed by atoms with van der Waals surface area (Å²) >= 11 is 0. The van der Waals surface area contributed by atoms with Crippen LogP contribution in [0.15, 0.2) is 6.07 Å². The Morgan fingerprint density at radius 2 is 1.93 bits per heavy atom. The smallest absolute Gasteiger partial charge is 0.225 e. The quantitative estimate of drug-likeness (QED) is 0.738. The predicted octanol–water partition coefficient (Wildman–Crippen LogP) is 2.33. The molecule has 2 aliphatic rings. The van der Waals surface area contributed by atoms with Crippen molar-refractivity contribution in [3.05, 3.63) is 28.3 Å². The number of rotatable bonds is 6. The molecule has 1 heterocycles. The zero-order valence-electron chi connectivity index (χ0n) is 18.5. The van der Waals surface area contributed by atoms with Crippen molar-refractivity contribution in [1.82, 2.24) is 9.80 Å². The summed E-state index contributed by atoms with van der Waals surface area (Å²) in [5.74, 6) is 0.713. The van der Waals surface area contributed by atoms with Gasteiger partial charge in [-0.2, -0.15) is 0 Å². The molecule has 1 aromatic carbocycles. The Bertz CT molecular complexity index is 728. The molecule has 6 nitrogen and oxygen atoms in total. The number of carbonyl (C=O) groups is 1. The molecule has 0 aromatic heterocycles. The second-order valence-electron chi connectivity index (χ2n) is 8.61. The first-order valence-corrected chi connectivity index (χ1v) is 10.7. The van der Waals surface area contributed by atoms with Crippen molar-refractivity contribution < 1.29 is 19.4 Å². The molecule has 1 aliphatic heterocycles. The molecule has 1 N–H and O–H groups in total. The molecule has 0 unspecified atom stereocenters. The minimum absolute atomic E-state index is 0.0676. The van der Waals surface area contributed by atoms with E-state index >= 15 is 0 Å². The predicted molar refractivity (Wildman–Crippen MR) is 113 cm³/mol. The molecule has 1 aliphatic carbocycles. The normalized spacial score (nSPS) is 23.6. The lowest BCUT2D eigenvalue weighted by Gasteiger charge is -2.39. The molecule has 162 valence electrons. The third-order valence-corrected chi connectivity index (χ3v) is 6.74. The van der Waals surface area contributed by atoms with Crippen LogP contribution in [0.25, 0.3) is 0 Å². The third-order valence-electron chi connectivity index (χ3n) is 6.74. The highest BCUT2D eigenvalue weighted by atomic mass is 16.5. The van der Waals surface area contributed by atoms with Crippen molar-refractivity contribution in [2.24, 2.45) is 11.8 Å². The van der Waals surface area contributed by atoms with Crippen LogP contribution < -0.4 is 4.74 Å². The van der Waals surface area contributed by atoms with Gasteiger partial charge in [-0.25, -0.2) is 0 Å². The number of aryl methyl sites for hydroxylation is 1. The van der Waals surface area contributed by atoms with E-state index in [4.69, 9.17) is 9.47 Å². The molecule has 29 heavy (non-hydrogen) atoms. The summed E-state index contributed by atoms with van der Waals surface area (Å²) in [6.07, 6.45) is 1.08.